The van der Waals surface area contributed by atoms with E-state index < -0.39 is 6.61 Å². The van der Waals surface area contributed by atoms with Gasteiger partial charge in [-0.1, -0.05) is 0 Å². The molecule has 0 radical (unpaired) electrons. The number of aldehydes is 1. The van der Waals surface area contributed by atoms with Crippen LogP contribution in [0.25, 0.3) is 0 Å². The molecule has 3 nitrogen and oxygen atoms in total. The summed E-state index contributed by atoms with van der Waals surface area (Å²) in [4.78, 5) is 10.5. The number of alkyl halides is 2. The number of rotatable bonds is 3. The van der Waals surface area contributed by atoms with Crippen molar-refractivity contribution in [1.29, 1.82) is 5.26 Å². The highest BCUT2D eigenvalue weighted by molar-refractivity contribution is 5.78. The largest absolute Gasteiger partial charge is 0.433 e. The number of hydrogen-bond donors (Lipinski definition) is 0. The molecule has 0 aliphatic heterocycles. The Kier molecular flexibility index (Phi) is 3.34. The van der Waals surface area contributed by atoms with Crippen LogP contribution in [-0.2, 0) is 0 Å². The molecule has 0 saturated carbocycles. The standard InChI is InChI=1S/C10H7F2NO2/c1-6-2-7(4-13)9(15-10(11)12)3-8(6)5-14/h2-3,5,10H,1H3. The number of ether oxygens (including phenoxy) is 1. The molecule has 5 heteroatoms. The van der Waals surface area contributed by atoms with E-state index in [1.165, 1.54) is 6.07 Å². The van der Waals surface area contributed by atoms with Crippen molar-refractivity contribution < 1.29 is 18.3 Å². The minimum atomic E-state index is -3.01. The molecule has 0 spiro atoms. The Balaban J connectivity index is 3.24. The number of carbonyl (C=O) groups excluding carboxylic acids is 1. The monoisotopic (exact) mass is 211 g/mol. The Morgan fingerprint density at radius 3 is 2.67 bits per heavy atom. The zero-order chi connectivity index (χ0) is 11.4. The van der Waals surface area contributed by atoms with Crippen LogP contribution in [0.15, 0.2) is 12.1 Å². The van der Waals surface area contributed by atoms with Gasteiger partial charge in [-0.3, -0.25) is 4.79 Å². The Hall–Kier alpha value is -1.96. The maximum Gasteiger partial charge on any atom is 0.387 e. The Bertz CT molecular complexity index is 424. The lowest BCUT2D eigenvalue weighted by molar-refractivity contribution is -0.0500. The summed E-state index contributed by atoms with van der Waals surface area (Å²) >= 11 is 0. The van der Waals surface area contributed by atoms with Crippen molar-refractivity contribution in [3.05, 3.63) is 28.8 Å². The van der Waals surface area contributed by atoms with Crippen molar-refractivity contribution in [2.24, 2.45) is 0 Å². The number of hydrogen-bond acceptors (Lipinski definition) is 3. The van der Waals surface area contributed by atoms with Crippen LogP contribution >= 0.6 is 0 Å². The first-order valence-corrected chi connectivity index (χ1v) is 4.03. The maximum atomic E-state index is 12.0. The van der Waals surface area contributed by atoms with Crippen LogP contribution in [0.1, 0.15) is 21.5 Å². The molecule has 0 aliphatic carbocycles. The molecule has 1 aromatic carbocycles. The summed E-state index contributed by atoms with van der Waals surface area (Å²) in [5.41, 5.74) is 0.756. The fourth-order valence-electron chi connectivity index (χ4n) is 1.11. The van der Waals surface area contributed by atoms with Crippen LogP contribution in [0.5, 0.6) is 5.75 Å². The van der Waals surface area contributed by atoms with Crippen molar-refractivity contribution in [2.75, 3.05) is 0 Å². The van der Waals surface area contributed by atoms with Gasteiger partial charge >= 0.3 is 6.61 Å². The third-order valence-corrected chi connectivity index (χ3v) is 1.83. The van der Waals surface area contributed by atoms with Gasteiger partial charge in [-0.2, -0.15) is 14.0 Å². The van der Waals surface area contributed by atoms with E-state index in [-0.39, 0.29) is 16.9 Å². The van der Waals surface area contributed by atoms with Gasteiger partial charge in [-0.15, -0.1) is 0 Å². The van der Waals surface area contributed by atoms with E-state index in [1.807, 2.05) is 0 Å². The Labute approximate surface area is 84.9 Å². The molecule has 1 rings (SSSR count). The summed E-state index contributed by atoms with van der Waals surface area (Å²) in [6.45, 7) is -1.41. The van der Waals surface area contributed by atoms with Gasteiger partial charge in [0.25, 0.3) is 0 Å². The highest BCUT2D eigenvalue weighted by atomic mass is 19.3. The van der Waals surface area contributed by atoms with Crippen LogP contribution in [-0.4, -0.2) is 12.9 Å². The minimum Gasteiger partial charge on any atom is -0.433 e. The lowest BCUT2D eigenvalue weighted by Gasteiger charge is -2.08. The molecular formula is C10H7F2NO2. The summed E-state index contributed by atoms with van der Waals surface area (Å²) in [5, 5.41) is 8.66. The highest BCUT2D eigenvalue weighted by Gasteiger charge is 2.12. The predicted molar refractivity (Wildman–Crippen MR) is 47.9 cm³/mol. The molecule has 0 unspecified atom stereocenters. The highest BCUT2D eigenvalue weighted by Crippen LogP contribution is 2.23. The Morgan fingerprint density at radius 1 is 1.53 bits per heavy atom. The quantitative estimate of drug-likeness (QED) is 0.720. The maximum absolute atomic E-state index is 12.0. The normalized spacial score (nSPS) is 9.80. The van der Waals surface area contributed by atoms with Crippen LogP contribution < -0.4 is 4.74 Å². The first kappa shape index (κ1) is 11.1. The average molecular weight is 211 g/mol. The minimum absolute atomic E-state index is 0.0154. The molecule has 78 valence electrons. The smallest absolute Gasteiger partial charge is 0.387 e. The van der Waals surface area contributed by atoms with E-state index in [4.69, 9.17) is 5.26 Å². The number of benzene rings is 1. The molecule has 15 heavy (non-hydrogen) atoms. The van der Waals surface area contributed by atoms with Crippen molar-refractivity contribution in [2.45, 2.75) is 13.5 Å². The topological polar surface area (TPSA) is 50.1 Å². The fourth-order valence-corrected chi connectivity index (χ4v) is 1.11. The van der Waals surface area contributed by atoms with Crippen LogP contribution in [0.3, 0.4) is 0 Å². The third-order valence-electron chi connectivity index (χ3n) is 1.83. The second-order valence-corrected chi connectivity index (χ2v) is 2.81. The predicted octanol–water partition coefficient (Wildman–Crippen LogP) is 2.28. The lowest BCUT2D eigenvalue weighted by Crippen LogP contribution is -2.04. The molecule has 0 amide bonds. The molecule has 0 saturated heterocycles. The van der Waals surface area contributed by atoms with Gasteiger partial charge < -0.3 is 4.74 Å². The molecule has 0 fully saturated rings. The summed E-state index contributed by atoms with van der Waals surface area (Å²) < 4.78 is 28.0. The van der Waals surface area contributed by atoms with Gasteiger partial charge in [0.15, 0.2) is 0 Å². The summed E-state index contributed by atoms with van der Waals surface area (Å²) in [6, 6.07) is 4.19. The molecule has 0 heterocycles. The zero-order valence-electron chi connectivity index (χ0n) is 7.83. The van der Waals surface area contributed by atoms with Gasteiger partial charge in [-0.05, 0) is 24.6 Å². The van der Waals surface area contributed by atoms with Crippen LogP contribution in [0.4, 0.5) is 8.78 Å². The van der Waals surface area contributed by atoms with Crippen LogP contribution in [0, 0.1) is 18.3 Å². The SMILES string of the molecule is Cc1cc(C#N)c(OC(F)F)cc1C=O. The lowest BCUT2D eigenvalue weighted by atomic mass is 10.1. The number of halogens is 2. The van der Waals surface area contributed by atoms with Crippen LogP contribution in [0.2, 0.25) is 0 Å². The number of aryl methyl sites for hydroxylation is 1. The van der Waals surface area contributed by atoms with Gasteiger partial charge in [0.2, 0.25) is 0 Å². The zero-order valence-corrected chi connectivity index (χ0v) is 7.83. The van der Waals surface area contributed by atoms with E-state index in [0.717, 1.165) is 6.07 Å². The second kappa shape index (κ2) is 4.51. The summed E-state index contributed by atoms with van der Waals surface area (Å²) in [5.74, 6) is -0.278. The van der Waals surface area contributed by atoms with Gasteiger partial charge in [-0.25, -0.2) is 0 Å². The first-order valence-electron chi connectivity index (χ1n) is 4.03. The first-order chi connectivity index (χ1) is 7.08. The van der Waals surface area contributed by atoms with Crippen molar-refractivity contribution in [1.82, 2.24) is 0 Å². The molecule has 0 bridgehead atoms. The molecule has 1 aromatic rings. The average Bonchev–Trinajstić information content (AvgIpc) is 2.19. The number of carbonyl (C=O) groups is 1. The summed E-state index contributed by atoms with van der Waals surface area (Å²) in [6.07, 6.45) is 0.523. The van der Waals surface area contributed by atoms with Crippen molar-refractivity contribution in [3.63, 3.8) is 0 Å². The number of nitrogens with zero attached hydrogens (tertiary/aromatic N) is 1. The van der Waals surface area contributed by atoms with Gasteiger partial charge in [0.05, 0.1) is 5.56 Å². The van der Waals surface area contributed by atoms with E-state index in [2.05, 4.69) is 4.74 Å². The third kappa shape index (κ3) is 2.50. The Morgan fingerprint density at radius 2 is 2.20 bits per heavy atom. The van der Waals surface area contributed by atoms with E-state index in [0.29, 0.717) is 11.8 Å². The molecule has 0 aliphatic rings. The van der Waals surface area contributed by atoms with E-state index >= 15 is 0 Å². The molecule has 0 N–H and O–H groups in total. The molecule has 0 aromatic heterocycles. The fraction of sp³-hybridized carbons (Fsp3) is 0.200. The van der Waals surface area contributed by atoms with Crippen molar-refractivity contribution >= 4 is 6.29 Å². The van der Waals surface area contributed by atoms with E-state index in [9.17, 15) is 13.6 Å². The van der Waals surface area contributed by atoms with Gasteiger partial charge in [0, 0.05) is 5.56 Å². The molecular weight excluding hydrogens is 204 g/mol. The second-order valence-electron chi connectivity index (χ2n) is 2.81. The van der Waals surface area contributed by atoms with Gasteiger partial charge in [0.1, 0.15) is 18.1 Å². The molecule has 0 atom stereocenters. The summed E-state index contributed by atoms with van der Waals surface area (Å²) in [7, 11) is 0. The van der Waals surface area contributed by atoms with Crippen molar-refractivity contribution in [3.8, 4) is 11.8 Å². The van der Waals surface area contributed by atoms with E-state index in [1.54, 1.807) is 13.0 Å². The number of nitriles is 1.